The lowest BCUT2D eigenvalue weighted by atomic mass is 10.0. The Bertz CT molecular complexity index is 605. The van der Waals surface area contributed by atoms with Gasteiger partial charge in [-0.15, -0.1) is 0 Å². The SMILES string of the molecule is CC1CCNC1c1nc2cc(C(F)(F)F)ccc2o1. The highest BCUT2D eigenvalue weighted by Crippen LogP contribution is 2.34. The number of alkyl halides is 3. The van der Waals surface area contributed by atoms with Crippen molar-refractivity contribution in [3.05, 3.63) is 29.7 Å². The molecule has 19 heavy (non-hydrogen) atoms. The van der Waals surface area contributed by atoms with E-state index in [0.717, 1.165) is 25.1 Å². The number of hydrogen-bond donors (Lipinski definition) is 1. The van der Waals surface area contributed by atoms with Crippen molar-refractivity contribution in [2.24, 2.45) is 5.92 Å². The molecule has 3 rings (SSSR count). The molecule has 2 aromatic rings. The molecule has 2 unspecified atom stereocenters. The summed E-state index contributed by atoms with van der Waals surface area (Å²) in [6.45, 7) is 2.94. The summed E-state index contributed by atoms with van der Waals surface area (Å²) in [5.41, 5.74) is -0.0538. The zero-order chi connectivity index (χ0) is 13.6. The van der Waals surface area contributed by atoms with Gasteiger partial charge >= 0.3 is 6.18 Å². The highest BCUT2D eigenvalue weighted by Gasteiger charge is 2.32. The Morgan fingerprint density at radius 1 is 1.37 bits per heavy atom. The van der Waals surface area contributed by atoms with Crippen molar-refractivity contribution in [3.8, 4) is 0 Å². The van der Waals surface area contributed by atoms with E-state index in [1.807, 2.05) is 0 Å². The van der Waals surface area contributed by atoms with E-state index in [1.54, 1.807) is 0 Å². The summed E-state index contributed by atoms with van der Waals surface area (Å²) in [7, 11) is 0. The first-order valence-electron chi connectivity index (χ1n) is 6.16. The van der Waals surface area contributed by atoms with Gasteiger partial charge in [0, 0.05) is 0 Å². The van der Waals surface area contributed by atoms with Gasteiger partial charge in [0.15, 0.2) is 5.58 Å². The molecular formula is C13H13F3N2O. The lowest BCUT2D eigenvalue weighted by molar-refractivity contribution is -0.137. The van der Waals surface area contributed by atoms with Gasteiger partial charge < -0.3 is 9.73 Å². The quantitative estimate of drug-likeness (QED) is 0.861. The molecule has 1 saturated heterocycles. The molecule has 1 N–H and O–H groups in total. The van der Waals surface area contributed by atoms with Gasteiger partial charge in [0.2, 0.25) is 5.89 Å². The van der Waals surface area contributed by atoms with Gasteiger partial charge in [-0.3, -0.25) is 0 Å². The van der Waals surface area contributed by atoms with Crippen LogP contribution in [-0.4, -0.2) is 11.5 Å². The molecule has 102 valence electrons. The molecule has 1 aromatic carbocycles. The minimum absolute atomic E-state index is 0.0123. The number of aromatic nitrogens is 1. The van der Waals surface area contributed by atoms with E-state index >= 15 is 0 Å². The Morgan fingerprint density at radius 3 is 2.79 bits per heavy atom. The van der Waals surface area contributed by atoms with E-state index in [-0.39, 0.29) is 11.6 Å². The molecular weight excluding hydrogens is 257 g/mol. The molecule has 0 saturated carbocycles. The molecule has 1 fully saturated rings. The molecule has 3 nitrogen and oxygen atoms in total. The lowest BCUT2D eigenvalue weighted by Gasteiger charge is -2.10. The predicted molar refractivity (Wildman–Crippen MR) is 63.5 cm³/mol. The van der Waals surface area contributed by atoms with Crippen LogP contribution < -0.4 is 5.32 Å². The Kier molecular flexibility index (Phi) is 2.78. The van der Waals surface area contributed by atoms with E-state index in [2.05, 4.69) is 17.2 Å². The Balaban J connectivity index is 2.01. The second-order valence-electron chi connectivity index (χ2n) is 4.93. The molecule has 0 radical (unpaired) electrons. The van der Waals surface area contributed by atoms with Crippen LogP contribution in [-0.2, 0) is 6.18 Å². The summed E-state index contributed by atoms with van der Waals surface area (Å²) in [4.78, 5) is 4.19. The molecule has 2 atom stereocenters. The minimum atomic E-state index is -4.35. The zero-order valence-corrected chi connectivity index (χ0v) is 10.3. The van der Waals surface area contributed by atoms with Crippen LogP contribution in [0.5, 0.6) is 0 Å². The number of fused-ring (bicyclic) bond motifs is 1. The van der Waals surface area contributed by atoms with Crippen molar-refractivity contribution in [3.63, 3.8) is 0 Å². The summed E-state index contributed by atoms with van der Waals surface area (Å²) in [5.74, 6) is 0.842. The van der Waals surface area contributed by atoms with Crippen molar-refractivity contribution >= 4 is 11.1 Å². The van der Waals surface area contributed by atoms with Gasteiger partial charge in [-0.2, -0.15) is 13.2 Å². The number of oxazole rings is 1. The third-order valence-corrected chi connectivity index (χ3v) is 3.53. The molecule has 1 aromatic heterocycles. The molecule has 0 bridgehead atoms. The third-order valence-electron chi connectivity index (χ3n) is 3.53. The second-order valence-corrected chi connectivity index (χ2v) is 4.93. The number of nitrogens with one attached hydrogen (secondary N) is 1. The molecule has 1 aliphatic rings. The zero-order valence-electron chi connectivity index (χ0n) is 10.3. The highest BCUT2D eigenvalue weighted by molar-refractivity contribution is 5.73. The van der Waals surface area contributed by atoms with Crippen molar-refractivity contribution in [1.82, 2.24) is 10.3 Å². The fraction of sp³-hybridized carbons (Fsp3) is 0.462. The highest BCUT2D eigenvalue weighted by atomic mass is 19.4. The van der Waals surface area contributed by atoms with Crippen LogP contribution in [0.4, 0.5) is 13.2 Å². The molecule has 0 aliphatic carbocycles. The van der Waals surface area contributed by atoms with Crippen LogP contribution in [0.25, 0.3) is 11.1 Å². The molecule has 0 spiro atoms. The van der Waals surface area contributed by atoms with Crippen molar-refractivity contribution < 1.29 is 17.6 Å². The van der Waals surface area contributed by atoms with Crippen LogP contribution >= 0.6 is 0 Å². The summed E-state index contributed by atoms with van der Waals surface area (Å²) in [5, 5.41) is 3.25. The van der Waals surface area contributed by atoms with E-state index in [0.29, 0.717) is 17.4 Å². The smallest absolute Gasteiger partial charge is 0.416 e. The van der Waals surface area contributed by atoms with Crippen LogP contribution in [0.1, 0.15) is 30.8 Å². The fourth-order valence-electron chi connectivity index (χ4n) is 2.42. The molecule has 0 amide bonds. The molecule has 6 heteroatoms. The number of nitrogens with zero attached hydrogens (tertiary/aromatic N) is 1. The van der Waals surface area contributed by atoms with E-state index in [1.165, 1.54) is 6.07 Å². The molecule has 2 heterocycles. The van der Waals surface area contributed by atoms with Crippen LogP contribution in [0.15, 0.2) is 22.6 Å². The normalized spacial score (nSPS) is 24.2. The lowest BCUT2D eigenvalue weighted by Crippen LogP contribution is -2.16. The maximum absolute atomic E-state index is 12.6. The maximum atomic E-state index is 12.6. The first kappa shape index (κ1) is 12.5. The van der Waals surface area contributed by atoms with E-state index in [4.69, 9.17) is 4.42 Å². The third kappa shape index (κ3) is 2.20. The van der Waals surface area contributed by atoms with Gasteiger partial charge in [0.05, 0.1) is 11.6 Å². The summed E-state index contributed by atoms with van der Waals surface area (Å²) in [6.07, 6.45) is -3.34. The van der Waals surface area contributed by atoms with Crippen LogP contribution in [0.2, 0.25) is 0 Å². The Labute approximate surface area is 107 Å². The van der Waals surface area contributed by atoms with Crippen LogP contribution in [0, 0.1) is 5.92 Å². The predicted octanol–water partition coefficient (Wildman–Crippen LogP) is 3.52. The monoisotopic (exact) mass is 270 g/mol. The van der Waals surface area contributed by atoms with Crippen molar-refractivity contribution in [1.29, 1.82) is 0 Å². The summed E-state index contributed by atoms with van der Waals surface area (Å²) < 4.78 is 43.4. The van der Waals surface area contributed by atoms with Gasteiger partial charge in [-0.1, -0.05) is 6.92 Å². The summed E-state index contributed by atoms with van der Waals surface area (Å²) >= 11 is 0. The average Bonchev–Trinajstić information content (AvgIpc) is 2.91. The largest absolute Gasteiger partial charge is 0.439 e. The topological polar surface area (TPSA) is 38.1 Å². The van der Waals surface area contributed by atoms with E-state index in [9.17, 15) is 13.2 Å². The summed E-state index contributed by atoms with van der Waals surface area (Å²) in [6, 6.07) is 3.36. The Morgan fingerprint density at radius 2 is 2.16 bits per heavy atom. The van der Waals surface area contributed by atoms with Gasteiger partial charge in [0.1, 0.15) is 5.52 Å². The van der Waals surface area contributed by atoms with E-state index < -0.39 is 11.7 Å². The van der Waals surface area contributed by atoms with Gasteiger partial charge in [0.25, 0.3) is 0 Å². The van der Waals surface area contributed by atoms with Gasteiger partial charge in [-0.05, 0) is 37.1 Å². The van der Waals surface area contributed by atoms with Crippen LogP contribution in [0.3, 0.4) is 0 Å². The number of hydrogen-bond acceptors (Lipinski definition) is 3. The number of rotatable bonds is 1. The Hall–Kier alpha value is -1.56. The standard InChI is InChI=1S/C13H13F3N2O/c1-7-4-5-17-11(7)12-18-9-6-8(13(14,15)16)2-3-10(9)19-12/h2-3,6-7,11,17H,4-5H2,1H3. The number of benzene rings is 1. The molecule has 1 aliphatic heterocycles. The first-order chi connectivity index (χ1) is 8.95. The average molecular weight is 270 g/mol. The fourth-order valence-corrected chi connectivity index (χ4v) is 2.42. The van der Waals surface area contributed by atoms with Crippen molar-refractivity contribution in [2.75, 3.05) is 6.54 Å². The minimum Gasteiger partial charge on any atom is -0.439 e. The van der Waals surface area contributed by atoms with Gasteiger partial charge in [-0.25, -0.2) is 4.98 Å². The second kappa shape index (κ2) is 4.23. The van der Waals surface area contributed by atoms with Crippen molar-refractivity contribution in [2.45, 2.75) is 25.6 Å². The number of halogens is 3. The first-order valence-corrected chi connectivity index (χ1v) is 6.16. The maximum Gasteiger partial charge on any atom is 0.416 e.